The van der Waals surface area contributed by atoms with Crippen LogP contribution in [0.4, 0.5) is 0 Å². The van der Waals surface area contributed by atoms with E-state index in [9.17, 15) is 0 Å². The standard InChI is InChI=1S/C17H21NO/c1-12(2)15-5-4-6-16(10-15)19-17-9-14(11-18)8-7-13(17)3/h4-10,12H,11,18H2,1-3H3. The summed E-state index contributed by atoms with van der Waals surface area (Å²) in [5.74, 6) is 2.26. The Morgan fingerprint density at radius 1 is 1.11 bits per heavy atom. The highest BCUT2D eigenvalue weighted by molar-refractivity contribution is 5.41. The van der Waals surface area contributed by atoms with E-state index < -0.39 is 0 Å². The molecule has 0 aliphatic carbocycles. The minimum absolute atomic E-state index is 0.500. The van der Waals surface area contributed by atoms with Crippen LogP contribution in [0.2, 0.25) is 0 Å². The van der Waals surface area contributed by atoms with Gasteiger partial charge in [0.25, 0.3) is 0 Å². The summed E-state index contributed by atoms with van der Waals surface area (Å²) >= 11 is 0. The van der Waals surface area contributed by atoms with Crippen molar-refractivity contribution in [2.24, 2.45) is 5.73 Å². The summed E-state index contributed by atoms with van der Waals surface area (Å²) in [6.45, 7) is 6.93. The molecule has 0 saturated carbocycles. The molecule has 0 aliphatic heterocycles. The van der Waals surface area contributed by atoms with Crippen molar-refractivity contribution in [2.45, 2.75) is 33.2 Å². The molecule has 100 valence electrons. The lowest BCUT2D eigenvalue weighted by Crippen LogP contribution is -1.97. The first-order chi connectivity index (χ1) is 9.10. The van der Waals surface area contributed by atoms with Crippen LogP contribution in [0.25, 0.3) is 0 Å². The van der Waals surface area contributed by atoms with Gasteiger partial charge >= 0.3 is 0 Å². The fourth-order valence-electron chi connectivity index (χ4n) is 1.95. The summed E-state index contributed by atoms with van der Waals surface area (Å²) in [5.41, 5.74) is 9.15. The van der Waals surface area contributed by atoms with E-state index in [0.717, 1.165) is 22.6 Å². The Morgan fingerprint density at radius 3 is 2.58 bits per heavy atom. The molecule has 2 heteroatoms. The normalized spacial score (nSPS) is 10.8. The Bertz CT molecular complexity index is 561. The number of hydrogen-bond acceptors (Lipinski definition) is 2. The van der Waals surface area contributed by atoms with Gasteiger partial charge in [0.1, 0.15) is 11.5 Å². The Kier molecular flexibility index (Phi) is 4.23. The van der Waals surface area contributed by atoms with Crippen LogP contribution in [0.3, 0.4) is 0 Å². The topological polar surface area (TPSA) is 35.2 Å². The Labute approximate surface area is 115 Å². The molecular weight excluding hydrogens is 234 g/mol. The SMILES string of the molecule is Cc1ccc(CN)cc1Oc1cccc(C(C)C)c1. The Morgan fingerprint density at radius 2 is 1.89 bits per heavy atom. The minimum atomic E-state index is 0.500. The predicted octanol–water partition coefficient (Wildman–Crippen LogP) is 4.37. The molecule has 0 spiro atoms. The third-order valence-electron chi connectivity index (χ3n) is 3.24. The second-order valence-electron chi connectivity index (χ2n) is 5.13. The molecule has 0 heterocycles. The second-order valence-corrected chi connectivity index (χ2v) is 5.13. The van der Waals surface area contributed by atoms with E-state index in [4.69, 9.17) is 10.5 Å². The number of hydrogen-bond donors (Lipinski definition) is 1. The first-order valence-corrected chi connectivity index (χ1v) is 6.67. The van der Waals surface area contributed by atoms with Gasteiger partial charge in [0.05, 0.1) is 0 Å². The Balaban J connectivity index is 2.28. The van der Waals surface area contributed by atoms with E-state index >= 15 is 0 Å². The third-order valence-corrected chi connectivity index (χ3v) is 3.24. The molecule has 0 aromatic heterocycles. The zero-order chi connectivity index (χ0) is 13.8. The zero-order valence-corrected chi connectivity index (χ0v) is 11.8. The average molecular weight is 255 g/mol. The summed E-state index contributed by atoms with van der Waals surface area (Å²) < 4.78 is 5.99. The zero-order valence-electron chi connectivity index (χ0n) is 11.8. The van der Waals surface area contributed by atoms with Gasteiger partial charge in [-0.05, 0) is 47.7 Å². The van der Waals surface area contributed by atoms with Gasteiger partial charge in [0, 0.05) is 6.54 Å². The molecule has 2 N–H and O–H groups in total. The molecule has 0 aliphatic rings. The van der Waals surface area contributed by atoms with Crippen molar-refractivity contribution in [3.05, 3.63) is 59.2 Å². The van der Waals surface area contributed by atoms with Crippen LogP contribution in [0.15, 0.2) is 42.5 Å². The van der Waals surface area contributed by atoms with Crippen LogP contribution in [-0.4, -0.2) is 0 Å². The van der Waals surface area contributed by atoms with E-state index in [2.05, 4.69) is 26.0 Å². The van der Waals surface area contributed by atoms with Gasteiger partial charge in [-0.15, -0.1) is 0 Å². The van der Waals surface area contributed by atoms with Crippen LogP contribution >= 0.6 is 0 Å². The maximum absolute atomic E-state index is 5.99. The molecule has 0 bridgehead atoms. The van der Waals surface area contributed by atoms with Crippen LogP contribution in [0.1, 0.15) is 36.5 Å². The van der Waals surface area contributed by atoms with E-state index in [0.29, 0.717) is 12.5 Å². The summed E-state index contributed by atoms with van der Waals surface area (Å²) in [4.78, 5) is 0. The van der Waals surface area contributed by atoms with Crippen molar-refractivity contribution in [3.8, 4) is 11.5 Å². The average Bonchev–Trinajstić information content (AvgIpc) is 2.41. The van der Waals surface area contributed by atoms with Crippen molar-refractivity contribution in [1.82, 2.24) is 0 Å². The molecule has 0 amide bonds. The molecule has 2 aromatic rings. The number of rotatable bonds is 4. The lowest BCUT2D eigenvalue weighted by Gasteiger charge is -2.12. The molecule has 2 rings (SSSR count). The van der Waals surface area contributed by atoms with Crippen LogP contribution < -0.4 is 10.5 Å². The van der Waals surface area contributed by atoms with Crippen LogP contribution in [0, 0.1) is 6.92 Å². The van der Waals surface area contributed by atoms with E-state index in [1.807, 2.05) is 37.3 Å². The number of nitrogens with two attached hydrogens (primary N) is 1. The molecule has 0 fully saturated rings. The maximum atomic E-state index is 5.99. The summed E-state index contributed by atoms with van der Waals surface area (Å²) in [7, 11) is 0. The first-order valence-electron chi connectivity index (χ1n) is 6.67. The number of aryl methyl sites for hydroxylation is 1. The van der Waals surface area contributed by atoms with Crippen molar-refractivity contribution < 1.29 is 4.74 Å². The monoisotopic (exact) mass is 255 g/mol. The smallest absolute Gasteiger partial charge is 0.130 e. The van der Waals surface area contributed by atoms with Crippen molar-refractivity contribution in [3.63, 3.8) is 0 Å². The summed E-state index contributed by atoms with van der Waals surface area (Å²) in [6.07, 6.45) is 0. The highest BCUT2D eigenvalue weighted by atomic mass is 16.5. The van der Waals surface area contributed by atoms with Gasteiger partial charge in [0.15, 0.2) is 0 Å². The molecular formula is C17H21NO. The van der Waals surface area contributed by atoms with Gasteiger partial charge in [-0.25, -0.2) is 0 Å². The fourth-order valence-corrected chi connectivity index (χ4v) is 1.95. The van der Waals surface area contributed by atoms with Crippen molar-refractivity contribution in [1.29, 1.82) is 0 Å². The molecule has 0 unspecified atom stereocenters. The molecule has 2 nitrogen and oxygen atoms in total. The van der Waals surface area contributed by atoms with Crippen LogP contribution in [0.5, 0.6) is 11.5 Å². The third kappa shape index (κ3) is 3.36. The number of ether oxygens (including phenoxy) is 1. The quantitative estimate of drug-likeness (QED) is 0.880. The van der Waals surface area contributed by atoms with Gasteiger partial charge in [-0.2, -0.15) is 0 Å². The lowest BCUT2D eigenvalue weighted by atomic mass is 10.0. The van der Waals surface area contributed by atoms with Crippen molar-refractivity contribution in [2.75, 3.05) is 0 Å². The molecule has 2 aromatic carbocycles. The van der Waals surface area contributed by atoms with E-state index in [-0.39, 0.29) is 0 Å². The molecule has 19 heavy (non-hydrogen) atoms. The molecule has 0 saturated heterocycles. The maximum Gasteiger partial charge on any atom is 0.130 e. The lowest BCUT2D eigenvalue weighted by molar-refractivity contribution is 0.477. The van der Waals surface area contributed by atoms with Crippen LogP contribution in [-0.2, 0) is 6.54 Å². The van der Waals surface area contributed by atoms with Gasteiger partial charge in [-0.1, -0.05) is 38.1 Å². The van der Waals surface area contributed by atoms with Gasteiger partial charge < -0.3 is 10.5 Å². The largest absolute Gasteiger partial charge is 0.457 e. The van der Waals surface area contributed by atoms with E-state index in [1.165, 1.54) is 5.56 Å². The highest BCUT2D eigenvalue weighted by Gasteiger charge is 2.05. The molecule has 0 atom stereocenters. The summed E-state index contributed by atoms with van der Waals surface area (Å²) in [5, 5.41) is 0. The van der Waals surface area contributed by atoms with Crippen molar-refractivity contribution >= 4 is 0 Å². The fraction of sp³-hybridized carbons (Fsp3) is 0.294. The Hall–Kier alpha value is -1.80. The predicted molar refractivity (Wildman–Crippen MR) is 79.7 cm³/mol. The number of benzene rings is 2. The first kappa shape index (κ1) is 13.6. The van der Waals surface area contributed by atoms with Gasteiger partial charge in [0.2, 0.25) is 0 Å². The highest BCUT2D eigenvalue weighted by Crippen LogP contribution is 2.28. The molecule has 0 radical (unpaired) electrons. The van der Waals surface area contributed by atoms with Gasteiger partial charge in [-0.3, -0.25) is 0 Å². The van der Waals surface area contributed by atoms with E-state index in [1.54, 1.807) is 0 Å². The second kappa shape index (κ2) is 5.89. The minimum Gasteiger partial charge on any atom is -0.457 e. The summed E-state index contributed by atoms with van der Waals surface area (Å²) in [6, 6.07) is 14.3.